The molecular weight excluding hydrogens is 465 g/mol. The minimum atomic E-state index is -0.0458. The SMILES string of the molecule is CN=C(NCCCn1nc(C)cc1C)NCC(C)(C)c1cccc(OC)c1.I. The number of aromatic nitrogens is 2. The van der Waals surface area contributed by atoms with Crippen molar-refractivity contribution in [3.05, 3.63) is 47.3 Å². The molecule has 2 rings (SSSR count). The predicted molar refractivity (Wildman–Crippen MR) is 127 cm³/mol. The fraction of sp³-hybridized carbons (Fsp3) is 0.524. The first kappa shape index (κ1) is 24.3. The van der Waals surface area contributed by atoms with Gasteiger partial charge in [-0.25, -0.2) is 0 Å². The molecule has 1 heterocycles. The van der Waals surface area contributed by atoms with Gasteiger partial charge in [-0.1, -0.05) is 26.0 Å². The Hall–Kier alpha value is -1.77. The summed E-state index contributed by atoms with van der Waals surface area (Å²) in [5, 5.41) is 11.3. The first-order valence-corrected chi connectivity index (χ1v) is 9.46. The first-order chi connectivity index (χ1) is 12.9. The molecule has 156 valence electrons. The monoisotopic (exact) mass is 499 g/mol. The van der Waals surface area contributed by atoms with Crippen LogP contribution in [0.4, 0.5) is 0 Å². The molecule has 1 aromatic heterocycles. The average molecular weight is 499 g/mol. The van der Waals surface area contributed by atoms with E-state index in [2.05, 4.69) is 64.4 Å². The van der Waals surface area contributed by atoms with E-state index in [4.69, 9.17) is 4.74 Å². The lowest BCUT2D eigenvalue weighted by atomic mass is 9.84. The highest BCUT2D eigenvalue weighted by molar-refractivity contribution is 14.0. The van der Waals surface area contributed by atoms with Crippen LogP contribution in [0.25, 0.3) is 0 Å². The quantitative estimate of drug-likeness (QED) is 0.252. The van der Waals surface area contributed by atoms with E-state index in [-0.39, 0.29) is 29.4 Å². The molecule has 2 N–H and O–H groups in total. The average Bonchev–Trinajstić information content (AvgIpc) is 2.98. The Morgan fingerprint density at radius 3 is 2.57 bits per heavy atom. The number of ether oxygens (including phenoxy) is 1. The fourth-order valence-electron chi connectivity index (χ4n) is 3.01. The standard InChI is InChI=1S/C21H33N5O.HI/c1-16-13-17(2)26(25-16)12-8-11-23-20(22-5)24-15-21(3,4)18-9-7-10-19(14-18)27-6;/h7,9-10,13-14H,8,11-12,15H2,1-6H3,(H2,22,23,24);1H. The zero-order valence-corrected chi connectivity index (χ0v) is 20.2. The molecule has 0 amide bonds. The Bertz CT molecular complexity index is 770. The van der Waals surface area contributed by atoms with E-state index in [1.54, 1.807) is 14.2 Å². The summed E-state index contributed by atoms with van der Waals surface area (Å²) >= 11 is 0. The maximum atomic E-state index is 5.35. The lowest BCUT2D eigenvalue weighted by Crippen LogP contribution is -2.43. The van der Waals surface area contributed by atoms with Crippen LogP contribution in [0.2, 0.25) is 0 Å². The molecule has 0 saturated heterocycles. The Balaban J connectivity index is 0.00000392. The molecule has 0 radical (unpaired) electrons. The largest absolute Gasteiger partial charge is 0.497 e. The summed E-state index contributed by atoms with van der Waals surface area (Å²) in [6.07, 6.45) is 0.988. The molecule has 2 aromatic rings. The molecular formula is C21H34IN5O. The van der Waals surface area contributed by atoms with E-state index in [1.165, 1.54) is 11.3 Å². The van der Waals surface area contributed by atoms with Gasteiger partial charge in [-0.15, -0.1) is 24.0 Å². The molecule has 0 atom stereocenters. The van der Waals surface area contributed by atoms with E-state index >= 15 is 0 Å². The Kier molecular flexibility index (Phi) is 9.78. The summed E-state index contributed by atoms with van der Waals surface area (Å²) in [5.74, 6) is 1.70. The second-order valence-electron chi connectivity index (χ2n) is 7.47. The number of rotatable bonds is 8. The van der Waals surface area contributed by atoms with Gasteiger partial charge in [0.1, 0.15) is 5.75 Å². The fourth-order valence-corrected chi connectivity index (χ4v) is 3.01. The van der Waals surface area contributed by atoms with Crippen LogP contribution >= 0.6 is 24.0 Å². The van der Waals surface area contributed by atoms with E-state index in [0.717, 1.165) is 43.5 Å². The highest BCUT2D eigenvalue weighted by Crippen LogP contribution is 2.25. The molecule has 0 aliphatic carbocycles. The Morgan fingerprint density at radius 1 is 1.21 bits per heavy atom. The molecule has 0 unspecified atom stereocenters. The molecule has 0 fully saturated rings. The normalized spacial score (nSPS) is 11.7. The van der Waals surface area contributed by atoms with Gasteiger partial charge in [-0.05, 0) is 44.0 Å². The van der Waals surface area contributed by atoms with E-state index in [1.807, 2.05) is 19.1 Å². The summed E-state index contributed by atoms with van der Waals surface area (Å²) in [6.45, 7) is 11.1. The summed E-state index contributed by atoms with van der Waals surface area (Å²) in [6, 6.07) is 10.3. The van der Waals surface area contributed by atoms with E-state index in [0.29, 0.717) is 0 Å². The van der Waals surface area contributed by atoms with Crippen molar-refractivity contribution in [3.63, 3.8) is 0 Å². The van der Waals surface area contributed by atoms with Crippen molar-refractivity contribution in [1.29, 1.82) is 0 Å². The maximum Gasteiger partial charge on any atom is 0.191 e. The third kappa shape index (κ3) is 7.00. The highest BCUT2D eigenvalue weighted by Gasteiger charge is 2.21. The lowest BCUT2D eigenvalue weighted by Gasteiger charge is -2.27. The number of nitrogens with zero attached hydrogens (tertiary/aromatic N) is 3. The molecule has 7 heteroatoms. The van der Waals surface area contributed by atoms with Crippen molar-refractivity contribution >= 4 is 29.9 Å². The second-order valence-corrected chi connectivity index (χ2v) is 7.47. The van der Waals surface area contributed by atoms with Crippen LogP contribution in [-0.4, -0.2) is 43.0 Å². The van der Waals surface area contributed by atoms with Gasteiger partial charge < -0.3 is 15.4 Å². The number of aliphatic imine (C=N–C) groups is 1. The van der Waals surface area contributed by atoms with E-state index in [9.17, 15) is 0 Å². The molecule has 0 spiro atoms. The topological polar surface area (TPSA) is 63.5 Å². The van der Waals surface area contributed by atoms with Gasteiger partial charge >= 0.3 is 0 Å². The summed E-state index contributed by atoms with van der Waals surface area (Å²) in [7, 11) is 3.50. The molecule has 28 heavy (non-hydrogen) atoms. The van der Waals surface area contributed by atoms with Crippen LogP contribution in [0.1, 0.15) is 37.2 Å². The molecule has 6 nitrogen and oxygen atoms in total. The van der Waals surface area contributed by atoms with Crippen molar-refractivity contribution in [3.8, 4) is 5.75 Å². The van der Waals surface area contributed by atoms with Crippen LogP contribution in [0.3, 0.4) is 0 Å². The van der Waals surface area contributed by atoms with Gasteiger partial charge in [0.05, 0.1) is 12.8 Å². The number of hydrogen-bond donors (Lipinski definition) is 2. The van der Waals surface area contributed by atoms with Crippen LogP contribution in [0.15, 0.2) is 35.3 Å². The molecule has 0 aliphatic rings. The van der Waals surface area contributed by atoms with Crippen molar-refractivity contribution in [2.24, 2.45) is 4.99 Å². The minimum Gasteiger partial charge on any atom is -0.497 e. The highest BCUT2D eigenvalue weighted by atomic mass is 127. The Morgan fingerprint density at radius 2 is 1.96 bits per heavy atom. The number of nitrogens with one attached hydrogen (secondary N) is 2. The summed E-state index contributed by atoms with van der Waals surface area (Å²) < 4.78 is 7.40. The first-order valence-electron chi connectivity index (χ1n) is 9.46. The van der Waals surface area contributed by atoms with Crippen LogP contribution < -0.4 is 15.4 Å². The number of halogens is 1. The zero-order chi connectivity index (χ0) is 19.9. The maximum absolute atomic E-state index is 5.35. The predicted octanol–water partition coefficient (Wildman–Crippen LogP) is 3.66. The lowest BCUT2D eigenvalue weighted by molar-refractivity contribution is 0.411. The molecule has 0 saturated carbocycles. The summed E-state index contributed by atoms with van der Waals surface area (Å²) in [4.78, 5) is 4.33. The molecule has 0 bridgehead atoms. The van der Waals surface area contributed by atoms with Gasteiger partial charge in [0.15, 0.2) is 5.96 Å². The minimum absolute atomic E-state index is 0. The van der Waals surface area contributed by atoms with Crippen molar-refractivity contribution in [2.75, 3.05) is 27.2 Å². The van der Waals surface area contributed by atoms with Gasteiger partial charge in [0.25, 0.3) is 0 Å². The van der Waals surface area contributed by atoms with E-state index < -0.39 is 0 Å². The number of benzene rings is 1. The number of aryl methyl sites for hydroxylation is 3. The smallest absolute Gasteiger partial charge is 0.191 e. The van der Waals surface area contributed by atoms with Gasteiger partial charge in [0, 0.05) is 37.8 Å². The van der Waals surface area contributed by atoms with Crippen molar-refractivity contribution < 1.29 is 4.74 Å². The molecule has 1 aromatic carbocycles. The van der Waals surface area contributed by atoms with Gasteiger partial charge in [-0.2, -0.15) is 5.10 Å². The van der Waals surface area contributed by atoms with Crippen molar-refractivity contribution in [1.82, 2.24) is 20.4 Å². The van der Waals surface area contributed by atoms with Crippen LogP contribution in [0.5, 0.6) is 5.75 Å². The third-order valence-electron chi connectivity index (χ3n) is 4.72. The van der Waals surface area contributed by atoms with Gasteiger partial charge in [-0.3, -0.25) is 9.67 Å². The number of guanidine groups is 1. The molecule has 0 aliphatic heterocycles. The van der Waals surface area contributed by atoms with Gasteiger partial charge in [0.2, 0.25) is 0 Å². The van der Waals surface area contributed by atoms with Crippen LogP contribution in [-0.2, 0) is 12.0 Å². The Labute approximate surface area is 186 Å². The number of methoxy groups -OCH3 is 1. The number of hydrogen-bond acceptors (Lipinski definition) is 3. The second kappa shape index (κ2) is 11.3. The van der Waals surface area contributed by atoms with Crippen molar-refractivity contribution in [2.45, 2.75) is 46.1 Å². The summed E-state index contributed by atoms with van der Waals surface area (Å²) in [5.41, 5.74) is 3.46. The zero-order valence-electron chi connectivity index (χ0n) is 17.9. The van der Waals surface area contributed by atoms with Crippen LogP contribution in [0, 0.1) is 13.8 Å². The third-order valence-corrected chi connectivity index (χ3v) is 4.72.